The minimum Gasteiger partial charge on any atom is -0.396 e. The number of piperidine rings is 1. The fourth-order valence-corrected chi connectivity index (χ4v) is 3.68. The number of aryl methyl sites for hydroxylation is 1. The van der Waals surface area contributed by atoms with E-state index < -0.39 is 0 Å². The molecule has 25 heavy (non-hydrogen) atoms. The Morgan fingerprint density at radius 2 is 1.92 bits per heavy atom. The molecule has 3 rings (SSSR count). The summed E-state index contributed by atoms with van der Waals surface area (Å²) < 4.78 is 0. The molecule has 1 N–H and O–H groups in total. The van der Waals surface area contributed by atoms with Crippen molar-refractivity contribution in [3.05, 3.63) is 53.7 Å². The number of benzene rings is 1. The van der Waals surface area contributed by atoms with Gasteiger partial charge in [0.2, 0.25) is 0 Å². The van der Waals surface area contributed by atoms with Gasteiger partial charge in [-0.3, -0.25) is 0 Å². The van der Waals surface area contributed by atoms with Crippen molar-refractivity contribution in [2.45, 2.75) is 45.4 Å². The van der Waals surface area contributed by atoms with Crippen LogP contribution in [0.15, 0.2) is 42.5 Å². The number of aromatic nitrogens is 2. The fraction of sp³-hybridized carbons (Fsp3) is 0.524. The van der Waals surface area contributed by atoms with E-state index >= 15 is 0 Å². The van der Waals surface area contributed by atoms with E-state index in [1.54, 1.807) is 0 Å². The Morgan fingerprint density at radius 1 is 1.12 bits per heavy atom. The maximum absolute atomic E-state index is 10.1. The van der Waals surface area contributed by atoms with Crippen LogP contribution in [0.2, 0.25) is 0 Å². The molecule has 134 valence electrons. The van der Waals surface area contributed by atoms with Gasteiger partial charge < -0.3 is 10.0 Å². The first kappa shape index (κ1) is 17.9. The maximum atomic E-state index is 10.1. The number of aliphatic hydroxyl groups is 1. The molecule has 1 aliphatic rings. The monoisotopic (exact) mass is 339 g/mol. The number of nitrogens with zero attached hydrogens (tertiary/aromatic N) is 3. The van der Waals surface area contributed by atoms with Crippen LogP contribution in [-0.4, -0.2) is 35.0 Å². The molecule has 4 heteroatoms. The molecule has 1 saturated heterocycles. The summed E-state index contributed by atoms with van der Waals surface area (Å²) >= 11 is 0. The van der Waals surface area contributed by atoms with E-state index in [1.807, 2.05) is 6.07 Å². The van der Waals surface area contributed by atoms with E-state index in [1.165, 1.54) is 5.56 Å². The molecule has 0 saturated carbocycles. The number of rotatable bonds is 6. The van der Waals surface area contributed by atoms with Crippen LogP contribution in [0.25, 0.3) is 0 Å². The highest BCUT2D eigenvalue weighted by molar-refractivity contribution is 5.39. The van der Waals surface area contributed by atoms with Crippen LogP contribution in [0.1, 0.15) is 50.3 Å². The van der Waals surface area contributed by atoms with E-state index in [9.17, 15) is 5.11 Å². The predicted octanol–water partition coefficient (Wildman–Crippen LogP) is 3.81. The molecule has 1 aromatic heterocycles. The first-order valence-corrected chi connectivity index (χ1v) is 9.35. The van der Waals surface area contributed by atoms with Crippen molar-refractivity contribution in [1.29, 1.82) is 0 Å². The molecule has 1 unspecified atom stereocenters. The van der Waals surface area contributed by atoms with Crippen molar-refractivity contribution in [1.82, 2.24) is 10.2 Å². The van der Waals surface area contributed by atoms with Crippen molar-refractivity contribution >= 4 is 5.82 Å². The molecule has 0 bridgehead atoms. The zero-order valence-electron chi connectivity index (χ0n) is 15.4. The average molecular weight is 339 g/mol. The molecule has 2 heterocycles. The molecule has 4 nitrogen and oxygen atoms in total. The minimum atomic E-state index is -0.0491. The van der Waals surface area contributed by atoms with Crippen molar-refractivity contribution < 1.29 is 5.11 Å². The Bertz CT molecular complexity index is 657. The number of hydrogen-bond acceptors (Lipinski definition) is 4. The van der Waals surface area contributed by atoms with E-state index in [0.717, 1.165) is 50.3 Å². The second-order valence-corrected chi connectivity index (χ2v) is 7.64. The maximum Gasteiger partial charge on any atom is 0.151 e. The third kappa shape index (κ3) is 4.37. The molecule has 1 aliphatic heterocycles. The van der Waals surface area contributed by atoms with Gasteiger partial charge in [-0.15, -0.1) is 5.10 Å². The first-order chi connectivity index (χ1) is 12.1. The van der Waals surface area contributed by atoms with Crippen molar-refractivity contribution in [3.63, 3.8) is 0 Å². The summed E-state index contributed by atoms with van der Waals surface area (Å²) in [6, 6.07) is 14.7. The highest BCUT2D eigenvalue weighted by atomic mass is 16.3. The van der Waals surface area contributed by atoms with Crippen LogP contribution in [0.3, 0.4) is 0 Å². The van der Waals surface area contributed by atoms with Crippen molar-refractivity contribution in [2.24, 2.45) is 5.41 Å². The lowest BCUT2D eigenvalue weighted by molar-refractivity contribution is 0.0962. The van der Waals surface area contributed by atoms with Crippen LogP contribution in [0.5, 0.6) is 0 Å². The second-order valence-electron chi connectivity index (χ2n) is 7.64. The Morgan fingerprint density at radius 3 is 2.56 bits per heavy atom. The van der Waals surface area contributed by atoms with Gasteiger partial charge in [0, 0.05) is 18.5 Å². The normalized spacial score (nSPS) is 20.9. The second kappa shape index (κ2) is 7.96. The average Bonchev–Trinajstić information content (AvgIpc) is 2.67. The molecule has 0 amide bonds. The van der Waals surface area contributed by atoms with Gasteiger partial charge in [-0.2, -0.15) is 5.10 Å². The van der Waals surface area contributed by atoms with E-state index in [2.05, 4.69) is 65.3 Å². The molecule has 0 aliphatic carbocycles. The molecular formula is C21H29N3O. The molecular weight excluding hydrogens is 310 g/mol. The quantitative estimate of drug-likeness (QED) is 0.869. The molecule has 0 radical (unpaired) electrons. The third-order valence-corrected chi connectivity index (χ3v) is 5.37. The van der Waals surface area contributed by atoms with Gasteiger partial charge in [-0.1, -0.05) is 44.2 Å². The van der Waals surface area contributed by atoms with Crippen LogP contribution >= 0.6 is 0 Å². The number of hydrogen-bond donors (Lipinski definition) is 1. The molecule has 2 aromatic rings. The van der Waals surface area contributed by atoms with Crippen LogP contribution in [0.4, 0.5) is 5.82 Å². The summed E-state index contributed by atoms with van der Waals surface area (Å²) in [5.74, 6) is 1.33. The molecule has 0 spiro atoms. The lowest BCUT2D eigenvalue weighted by atomic mass is 9.76. The summed E-state index contributed by atoms with van der Waals surface area (Å²) in [6.45, 7) is 6.33. The van der Waals surface area contributed by atoms with Gasteiger partial charge in [0.1, 0.15) is 0 Å². The Balaban J connectivity index is 1.69. The topological polar surface area (TPSA) is 49.2 Å². The minimum absolute atomic E-state index is 0.0491. The van der Waals surface area contributed by atoms with Crippen molar-refractivity contribution in [3.8, 4) is 0 Å². The van der Waals surface area contributed by atoms with Crippen molar-refractivity contribution in [2.75, 3.05) is 24.6 Å². The highest BCUT2D eigenvalue weighted by Gasteiger charge is 2.35. The van der Waals surface area contributed by atoms with E-state index in [0.29, 0.717) is 5.92 Å². The van der Waals surface area contributed by atoms with Crippen LogP contribution < -0.4 is 4.90 Å². The standard InChI is InChI=1S/C21H29N3O/c1-17(2)19-9-10-20(23-22-19)24-14-6-12-21(15-24,16-25)13-11-18-7-4-3-5-8-18/h3-5,7-10,17,25H,6,11-16H2,1-2H3. The smallest absolute Gasteiger partial charge is 0.151 e. The van der Waals surface area contributed by atoms with Gasteiger partial charge in [0.25, 0.3) is 0 Å². The van der Waals surface area contributed by atoms with Gasteiger partial charge >= 0.3 is 0 Å². The summed E-state index contributed by atoms with van der Waals surface area (Å²) in [7, 11) is 0. The Kier molecular flexibility index (Phi) is 5.69. The summed E-state index contributed by atoms with van der Waals surface area (Å²) in [4.78, 5) is 2.29. The Hall–Kier alpha value is -1.94. The number of anilines is 1. The van der Waals surface area contributed by atoms with Crippen LogP contribution in [0, 0.1) is 5.41 Å². The van der Waals surface area contributed by atoms with Gasteiger partial charge in [0.05, 0.1) is 12.3 Å². The first-order valence-electron chi connectivity index (χ1n) is 9.35. The van der Waals surface area contributed by atoms with E-state index in [4.69, 9.17) is 0 Å². The number of aliphatic hydroxyl groups excluding tert-OH is 1. The van der Waals surface area contributed by atoms with Crippen LogP contribution in [-0.2, 0) is 6.42 Å². The molecule has 1 fully saturated rings. The van der Waals surface area contributed by atoms with Gasteiger partial charge in [-0.05, 0) is 49.3 Å². The van der Waals surface area contributed by atoms with Gasteiger partial charge in [-0.25, -0.2) is 0 Å². The fourth-order valence-electron chi connectivity index (χ4n) is 3.68. The SMILES string of the molecule is CC(C)c1ccc(N2CCCC(CO)(CCc3ccccc3)C2)nn1. The zero-order chi connectivity index (χ0) is 17.7. The van der Waals surface area contributed by atoms with E-state index in [-0.39, 0.29) is 12.0 Å². The molecule has 1 atom stereocenters. The third-order valence-electron chi connectivity index (χ3n) is 5.37. The summed E-state index contributed by atoms with van der Waals surface area (Å²) in [5, 5.41) is 18.9. The van der Waals surface area contributed by atoms with Gasteiger partial charge in [0.15, 0.2) is 5.82 Å². The predicted molar refractivity (Wildman–Crippen MR) is 102 cm³/mol. The summed E-state index contributed by atoms with van der Waals surface area (Å²) in [6.07, 6.45) is 4.17. The summed E-state index contributed by atoms with van der Waals surface area (Å²) in [5.41, 5.74) is 2.32. The highest BCUT2D eigenvalue weighted by Crippen LogP contribution is 2.35. The molecule has 1 aromatic carbocycles. The Labute approximate surface area is 150 Å². The lowest BCUT2D eigenvalue weighted by Gasteiger charge is -2.42. The largest absolute Gasteiger partial charge is 0.396 e. The zero-order valence-corrected chi connectivity index (χ0v) is 15.4. The lowest BCUT2D eigenvalue weighted by Crippen LogP contribution is -2.46.